The quantitative estimate of drug-likeness (QED) is 0.847. The summed E-state index contributed by atoms with van der Waals surface area (Å²) in [5.74, 6) is 0. The summed E-state index contributed by atoms with van der Waals surface area (Å²) in [5.41, 5.74) is 1.02. The number of nitrogens with one attached hydrogen (secondary N) is 1. The minimum atomic E-state index is -3.59. The molecule has 0 radical (unpaired) electrons. The Labute approximate surface area is 164 Å². The molecule has 1 heterocycles. The second-order valence-corrected chi connectivity index (χ2v) is 8.72. The topological polar surface area (TPSA) is 69.7 Å². The minimum Gasteiger partial charge on any atom is -0.334 e. The third kappa shape index (κ3) is 5.00. The van der Waals surface area contributed by atoms with Crippen molar-refractivity contribution in [2.24, 2.45) is 0 Å². The number of rotatable bonds is 4. The number of carbonyl (C=O) groups excluding carboxylic acids is 1. The lowest BCUT2D eigenvalue weighted by Crippen LogP contribution is -2.42. The van der Waals surface area contributed by atoms with Crippen molar-refractivity contribution in [1.82, 2.24) is 14.5 Å². The molecule has 0 atom stereocenters. The van der Waals surface area contributed by atoms with Crippen molar-refractivity contribution in [2.45, 2.75) is 17.9 Å². The van der Waals surface area contributed by atoms with Gasteiger partial charge in [0.2, 0.25) is 10.0 Å². The molecular formula is C19H22ClN3O3S. The predicted octanol–water partition coefficient (Wildman–Crippen LogP) is 2.95. The van der Waals surface area contributed by atoms with Crippen LogP contribution in [-0.4, -0.2) is 49.8 Å². The Balaban J connectivity index is 1.59. The summed E-state index contributed by atoms with van der Waals surface area (Å²) in [5, 5.41) is 3.38. The molecule has 6 nitrogen and oxygen atoms in total. The molecule has 1 N–H and O–H groups in total. The summed E-state index contributed by atoms with van der Waals surface area (Å²) in [4.78, 5) is 14.3. The minimum absolute atomic E-state index is 0.176. The normalized spacial score (nSPS) is 16.0. The van der Waals surface area contributed by atoms with Crippen LogP contribution in [0.4, 0.5) is 4.79 Å². The summed E-state index contributed by atoms with van der Waals surface area (Å²) >= 11 is 5.84. The van der Waals surface area contributed by atoms with Crippen molar-refractivity contribution in [3.8, 4) is 0 Å². The Kier molecular flexibility index (Phi) is 6.36. The Morgan fingerprint density at radius 3 is 2.37 bits per heavy atom. The van der Waals surface area contributed by atoms with E-state index in [-0.39, 0.29) is 17.5 Å². The number of urea groups is 1. The summed E-state index contributed by atoms with van der Waals surface area (Å²) in [6, 6.07) is 15.6. The van der Waals surface area contributed by atoms with Crippen molar-refractivity contribution in [3.05, 3.63) is 65.2 Å². The third-order valence-corrected chi connectivity index (χ3v) is 6.64. The van der Waals surface area contributed by atoms with Crippen LogP contribution in [0, 0.1) is 0 Å². The molecule has 144 valence electrons. The molecule has 1 aliphatic rings. The molecule has 0 aromatic heterocycles. The van der Waals surface area contributed by atoms with Crippen molar-refractivity contribution < 1.29 is 13.2 Å². The molecule has 2 aromatic rings. The molecule has 0 bridgehead atoms. The fourth-order valence-corrected chi connectivity index (χ4v) is 4.57. The van der Waals surface area contributed by atoms with Crippen LogP contribution in [-0.2, 0) is 16.6 Å². The first-order valence-corrected chi connectivity index (χ1v) is 10.6. The highest BCUT2D eigenvalue weighted by atomic mass is 35.5. The maximum atomic E-state index is 12.8. The number of sulfonamides is 1. The van der Waals surface area contributed by atoms with Gasteiger partial charge in [-0.2, -0.15) is 4.31 Å². The van der Waals surface area contributed by atoms with E-state index in [0.717, 1.165) is 5.56 Å². The lowest BCUT2D eigenvalue weighted by molar-refractivity contribution is 0.200. The fraction of sp³-hybridized carbons (Fsp3) is 0.316. The summed E-state index contributed by atoms with van der Waals surface area (Å²) in [6.07, 6.45) is 0.589. The van der Waals surface area contributed by atoms with Crippen LogP contribution in [0.15, 0.2) is 59.5 Å². The van der Waals surface area contributed by atoms with E-state index >= 15 is 0 Å². The van der Waals surface area contributed by atoms with E-state index in [1.54, 1.807) is 17.0 Å². The van der Waals surface area contributed by atoms with Gasteiger partial charge in [-0.1, -0.05) is 41.9 Å². The molecule has 2 amide bonds. The number of hydrogen-bond donors (Lipinski definition) is 1. The van der Waals surface area contributed by atoms with Gasteiger partial charge in [0.05, 0.1) is 4.90 Å². The van der Waals surface area contributed by atoms with Gasteiger partial charge in [-0.25, -0.2) is 13.2 Å². The zero-order valence-corrected chi connectivity index (χ0v) is 16.4. The van der Waals surface area contributed by atoms with Crippen LogP contribution >= 0.6 is 11.6 Å². The molecule has 1 aliphatic heterocycles. The zero-order chi connectivity index (χ0) is 19.3. The third-order valence-electron chi connectivity index (χ3n) is 4.48. The molecule has 0 saturated carbocycles. The van der Waals surface area contributed by atoms with Gasteiger partial charge >= 0.3 is 6.03 Å². The number of nitrogens with zero attached hydrogens (tertiary/aromatic N) is 2. The van der Waals surface area contributed by atoms with E-state index < -0.39 is 10.0 Å². The average Bonchev–Trinajstić information content (AvgIpc) is 2.94. The highest BCUT2D eigenvalue weighted by molar-refractivity contribution is 7.89. The van der Waals surface area contributed by atoms with Gasteiger partial charge < -0.3 is 10.2 Å². The molecule has 0 unspecified atom stereocenters. The lowest BCUT2D eigenvalue weighted by atomic mass is 10.2. The predicted molar refractivity (Wildman–Crippen MR) is 105 cm³/mol. The first kappa shape index (κ1) is 19.7. The molecule has 0 spiro atoms. The first-order valence-electron chi connectivity index (χ1n) is 8.79. The summed E-state index contributed by atoms with van der Waals surface area (Å²) < 4.78 is 27.0. The number of amides is 2. The van der Waals surface area contributed by atoms with E-state index in [1.165, 1.54) is 16.4 Å². The van der Waals surface area contributed by atoms with Crippen LogP contribution < -0.4 is 5.32 Å². The van der Waals surface area contributed by atoms with Crippen molar-refractivity contribution in [2.75, 3.05) is 26.2 Å². The molecule has 0 aliphatic carbocycles. The standard InChI is InChI=1S/C19H22ClN3O3S/c20-17-7-9-18(10-8-17)27(25,26)23-12-4-11-22(13-14-23)19(24)21-15-16-5-2-1-3-6-16/h1-3,5-10H,4,11-15H2,(H,21,24). The van der Waals surface area contributed by atoms with Crippen LogP contribution in [0.3, 0.4) is 0 Å². The number of benzene rings is 2. The molecule has 3 rings (SSSR count). The van der Waals surface area contributed by atoms with Gasteiger partial charge in [0.1, 0.15) is 0 Å². The van der Waals surface area contributed by atoms with Gasteiger partial charge in [0, 0.05) is 37.7 Å². The Bertz CT molecular complexity index is 873. The van der Waals surface area contributed by atoms with Gasteiger partial charge in [-0.05, 0) is 36.2 Å². The van der Waals surface area contributed by atoms with Crippen molar-refractivity contribution >= 4 is 27.7 Å². The second-order valence-electron chi connectivity index (χ2n) is 6.34. The summed E-state index contributed by atoms with van der Waals surface area (Å²) in [7, 11) is -3.59. The molecule has 27 heavy (non-hydrogen) atoms. The molecular weight excluding hydrogens is 386 g/mol. The smallest absolute Gasteiger partial charge is 0.317 e. The van der Waals surface area contributed by atoms with E-state index in [1.807, 2.05) is 30.3 Å². The average molecular weight is 408 g/mol. The van der Waals surface area contributed by atoms with Gasteiger partial charge in [0.15, 0.2) is 0 Å². The number of hydrogen-bond acceptors (Lipinski definition) is 3. The van der Waals surface area contributed by atoms with Crippen molar-refractivity contribution in [1.29, 1.82) is 0 Å². The van der Waals surface area contributed by atoms with Crippen LogP contribution in [0.25, 0.3) is 0 Å². The van der Waals surface area contributed by atoms with E-state index in [2.05, 4.69) is 5.32 Å². The number of halogens is 1. The van der Waals surface area contributed by atoms with Crippen LogP contribution in [0.2, 0.25) is 5.02 Å². The van der Waals surface area contributed by atoms with Gasteiger partial charge in [-0.15, -0.1) is 0 Å². The highest BCUT2D eigenvalue weighted by Gasteiger charge is 2.28. The maximum absolute atomic E-state index is 12.8. The van der Waals surface area contributed by atoms with Gasteiger partial charge in [0.25, 0.3) is 0 Å². The molecule has 8 heteroatoms. The monoisotopic (exact) mass is 407 g/mol. The second kappa shape index (κ2) is 8.73. The highest BCUT2D eigenvalue weighted by Crippen LogP contribution is 2.20. The molecule has 2 aromatic carbocycles. The largest absolute Gasteiger partial charge is 0.334 e. The van der Waals surface area contributed by atoms with E-state index in [0.29, 0.717) is 37.6 Å². The Morgan fingerprint density at radius 2 is 1.67 bits per heavy atom. The SMILES string of the molecule is O=C(NCc1ccccc1)N1CCCN(S(=O)(=O)c2ccc(Cl)cc2)CC1. The van der Waals surface area contributed by atoms with Crippen molar-refractivity contribution in [3.63, 3.8) is 0 Å². The molecule has 1 fully saturated rings. The maximum Gasteiger partial charge on any atom is 0.317 e. The first-order chi connectivity index (χ1) is 13.0. The lowest BCUT2D eigenvalue weighted by Gasteiger charge is -2.22. The fourth-order valence-electron chi connectivity index (χ4n) is 2.98. The van der Waals surface area contributed by atoms with Gasteiger partial charge in [-0.3, -0.25) is 0 Å². The Morgan fingerprint density at radius 1 is 0.963 bits per heavy atom. The van der Waals surface area contributed by atoms with E-state index in [9.17, 15) is 13.2 Å². The van der Waals surface area contributed by atoms with Crippen LogP contribution in [0.5, 0.6) is 0 Å². The summed E-state index contributed by atoms with van der Waals surface area (Å²) in [6.45, 7) is 1.97. The number of carbonyl (C=O) groups is 1. The Hall–Kier alpha value is -2.09. The van der Waals surface area contributed by atoms with E-state index in [4.69, 9.17) is 11.6 Å². The molecule has 1 saturated heterocycles. The van der Waals surface area contributed by atoms with Crippen LogP contribution in [0.1, 0.15) is 12.0 Å². The zero-order valence-electron chi connectivity index (χ0n) is 14.8.